The fourth-order valence-electron chi connectivity index (χ4n) is 3.77. The first-order valence-corrected chi connectivity index (χ1v) is 11.7. The average Bonchev–Trinajstić information content (AvgIpc) is 3.39. The van der Waals surface area contributed by atoms with Gasteiger partial charge in [0.2, 0.25) is 6.79 Å². The molecule has 0 bridgehead atoms. The fourth-order valence-corrected chi connectivity index (χ4v) is 4.78. The maximum Gasteiger partial charge on any atom is 0.283 e. The molecule has 32 heavy (non-hydrogen) atoms. The number of amides is 1. The van der Waals surface area contributed by atoms with Crippen LogP contribution < -0.4 is 14.4 Å². The van der Waals surface area contributed by atoms with Gasteiger partial charge >= 0.3 is 0 Å². The molecule has 1 fully saturated rings. The number of aliphatic imine (C=N–C) groups is 1. The predicted molar refractivity (Wildman–Crippen MR) is 126 cm³/mol. The Morgan fingerprint density at radius 1 is 1.06 bits per heavy atom. The van der Waals surface area contributed by atoms with Crippen molar-refractivity contribution in [3.63, 3.8) is 0 Å². The van der Waals surface area contributed by atoms with E-state index in [4.69, 9.17) is 19.2 Å². The van der Waals surface area contributed by atoms with Gasteiger partial charge in [-0.15, -0.1) is 0 Å². The third-order valence-corrected chi connectivity index (χ3v) is 6.48. The van der Waals surface area contributed by atoms with Crippen LogP contribution in [0.25, 0.3) is 6.08 Å². The lowest BCUT2D eigenvalue weighted by Gasteiger charge is -2.26. The molecule has 0 unspecified atom stereocenters. The standard InChI is InChI=1S/C24H25N3O4S/c1-17-2-5-19(6-3-17)27-23(28)20(14-18-4-7-21-22(15-18)31-16-30-21)25-24(27)32-13-10-26-8-11-29-12-9-26/h2-7,14-15H,8-13,16H2,1H3/b20-14+. The number of hydrogen-bond donors (Lipinski definition) is 0. The molecule has 0 aromatic heterocycles. The molecule has 3 heterocycles. The van der Waals surface area contributed by atoms with Crippen molar-refractivity contribution in [2.75, 3.05) is 50.3 Å². The van der Waals surface area contributed by atoms with E-state index in [-0.39, 0.29) is 12.7 Å². The minimum absolute atomic E-state index is 0.125. The summed E-state index contributed by atoms with van der Waals surface area (Å²) in [5.41, 5.74) is 3.24. The summed E-state index contributed by atoms with van der Waals surface area (Å²) in [6.07, 6.45) is 1.81. The van der Waals surface area contributed by atoms with Crippen LogP contribution in [0.2, 0.25) is 0 Å². The molecule has 2 aromatic carbocycles. The normalized spacial score (nSPS) is 19.7. The van der Waals surface area contributed by atoms with Gasteiger partial charge in [0.25, 0.3) is 5.91 Å². The number of carbonyl (C=O) groups is 1. The zero-order chi connectivity index (χ0) is 21.9. The van der Waals surface area contributed by atoms with Crippen LogP contribution in [0.3, 0.4) is 0 Å². The number of amidine groups is 1. The third kappa shape index (κ3) is 4.53. The molecule has 0 atom stereocenters. The molecule has 0 saturated carbocycles. The summed E-state index contributed by atoms with van der Waals surface area (Å²) < 4.78 is 16.3. The highest BCUT2D eigenvalue weighted by Crippen LogP contribution is 2.34. The van der Waals surface area contributed by atoms with Gasteiger partial charge in [-0.2, -0.15) is 0 Å². The molecular weight excluding hydrogens is 426 g/mol. The van der Waals surface area contributed by atoms with E-state index in [1.54, 1.807) is 22.7 Å². The molecule has 2 aromatic rings. The van der Waals surface area contributed by atoms with Crippen molar-refractivity contribution >= 4 is 34.6 Å². The summed E-state index contributed by atoms with van der Waals surface area (Å²) in [7, 11) is 0. The molecule has 3 aliphatic heterocycles. The molecule has 0 N–H and O–H groups in total. The first-order chi connectivity index (χ1) is 15.7. The molecule has 1 saturated heterocycles. The number of thioether (sulfide) groups is 1. The summed E-state index contributed by atoms with van der Waals surface area (Å²) in [5, 5.41) is 0.708. The second kappa shape index (κ2) is 9.36. The van der Waals surface area contributed by atoms with Crippen LogP contribution in [0.4, 0.5) is 5.69 Å². The average molecular weight is 452 g/mol. The highest BCUT2D eigenvalue weighted by atomic mass is 32.2. The van der Waals surface area contributed by atoms with E-state index in [2.05, 4.69) is 4.90 Å². The molecule has 0 radical (unpaired) electrons. The zero-order valence-corrected chi connectivity index (χ0v) is 18.8. The topological polar surface area (TPSA) is 63.6 Å². The summed E-state index contributed by atoms with van der Waals surface area (Å²) >= 11 is 1.61. The molecule has 1 amide bonds. The Morgan fingerprint density at radius 2 is 1.84 bits per heavy atom. The van der Waals surface area contributed by atoms with Crippen molar-refractivity contribution in [1.82, 2.24) is 4.90 Å². The molecule has 5 rings (SSSR count). The largest absolute Gasteiger partial charge is 0.454 e. The monoisotopic (exact) mass is 451 g/mol. The van der Waals surface area contributed by atoms with Crippen molar-refractivity contribution in [2.24, 2.45) is 4.99 Å². The minimum atomic E-state index is -0.125. The van der Waals surface area contributed by atoms with Crippen LogP contribution in [0.15, 0.2) is 53.2 Å². The second-order valence-electron chi connectivity index (χ2n) is 7.82. The van der Waals surface area contributed by atoms with Crippen LogP contribution in [-0.4, -0.2) is 61.4 Å². The zero-order valence-electron chi connectivity index (χ0n) is 18.0. The van der Waals surface area contributed by atoms with Gasteiger partial charge in [-0.1, -0.05) is 35.5 Å². The number of benzene rings is 2. The van der Waals surface area contributed by atoms with E-state index in [0.29, 0.717) is 22.4 Å². The third-order valence-electron chi connectivity index (χ3n) is 5.56. The van der Waals surface area contributed by atoms with E-state index in [1.165, 1.54) is 0 Å². The van der Waals surface area contributed by atoms with Crippen molar-refractivity contribution in [3.8, 4) is 11.5 Å². The number of rotatable bonds is 5. The molecule has 8 heteroatoms. The van der Waals surface area contributed by atoms with Crippen LogP contribution in [0.1, 0.15) is 11.1 Å². The van der Waals surface area contributed by atoms with Crippen molar-refractivity contribution in [3.05, 3.63) is 59.3 Å². The predicted octanol–water partition coefficient (Wildman–Crippen LogP) is 3.53. The number of anilines is 1. The SMILES string of the molecule is Cc1ccc(N2C(=O)/C(=C\c3ccc4c(c3)OCO4)N=C2SCCN2CCOCC2)cc1. The van der Waals surface area contributed by atoms with Gasteiger partial charge in [-0.05, 0) is 42.8 Å². The Balaban J connectivity index is 1.38. The van der Waals surface area contributed by atoms with E-state index >= 15 is 0 Å². The Kier molecular flexibility index (Phi) is 6.16. The quantitative estimate of drug-likeness (QED) is 0.648. The number of hydrogen-bond acceptors (Lipinski definition) is 7. The van der Waals surface area contributed by atoms with E-state index < -0.39 is 0 Å². The van der Waals surface area contributed by atoms with E-state index in [1.807, 2.05) is 49.4 Å². The molecular formula is C24H25N3O4S. The molecule has 0 spiro atoms. The number of morpholine rings is 1. The lowest BCUT2D eigenvalue weighted by atomic mass is 10.1. The summed E-state index contributed by atoms with van der Waals surface area (Å²) in [6, 6.07) is 13.6. The Morgan fingerprint density at radius 3 is 2.66 bits per heavy atom. The molecule has 3 aliphatic rings. The second-order valence-corrected chi connectivity index (χ2v) is 8.88. The van der Waals surface area contributed by atoms with Crippen molar-refractivity contribution in [2.45, 2.75) is 6.92 Å². The Hall–Kier alpha value is -2.81. The van der Waals surface area contributed by atoms with Crippen LogP contribution in [-0.2, 0) is 9.53 Å². The first-order valence-electron chi connectivity index (χ1n) is 10.7. The lowest BCUT2D eigenvalue weighted by Crippen LogP contribution is -2.38. The van der Waals surface area contributed by atoms with E-state index in [9.17, 15) is 4.79 Å². The number of aryl methyl sites for hydroxylation is 1. The number of fused-ring (bicyclic) bond motifs is 1. The Labute approximate surface area is 191 Å². The maximum absolute atomic E-state index is 13.4. The lowest BCUT2D eigenvalue weighted by molar-refractivity contribution is -0.113. The number of ether oxygens (including phenoxy) is 3. The highest BCUT2D eigenvalue weighted by Gasteiger charge is 2.32. The van der Waals surface area contributed by atoms with Gasteiger partial charge in [-0.3, -0.25) is 14.6 Å². The molecule has 7 nitrogen and oxygen atoms in total. The molecule has 0 aliphatic carbocycles. The van der Waals surface area contributed by atoms with Gasteiger partial charge in [0, 0.05) is 25.4 Å². The van der Waals surface area contributed by atoms with Crippen LogP contribution >= 0.6 is 11.8 Å². The van der Waals surface area contributed by atoms with Gasteiger partial charge < -0.3 is 14.2 Å². The first kappa shape index (κ1) is 21.1. The highest BCUT2D eigenvalue weighted by molar-refractivity contribution is 8.14. The number of carbonyl (C=O) groups excluding carboxylic acids is 1. The van der Waals surface area contributed by atoms with Crippen LogP contribution in [0.5, 0.6) is 11.5 Å². The smallest absolute Gasteiger partial charge is 0.283 e. The summed E-state index contributed by atoms with van der Waals surface area (Å²) in [6.45, 7) is 6.64. The van der Waals surface area contributed by atoms with E-state index in [0.717, 1.165) is 55.4 Å². The van der Waals surface area contributed by atoms with Gasteiger partial charge in [0.15, 0.2) is 16.7 Å². The van der Waals surface area contributed by atoms with Gasteiger partial charge in [0.05, 0.1) is 18.9 Å². The summed E-state index contributed by atoms with van der Waals surface area (Å²) in [4.78, 5) is 22.2. The fraction of sp³-hybridized carbons (Fsp3) is 0.333. The molecule has 166 valence electrons. The minimum Gasteiger partial charge on any atom is -0.454 e. The number of nitrogens with zero attached hydrogens (tertiary/aromatic N) is 3. The Bertz CT molecular complexity index is 1060. The van der Waals surface area contributed by atoms with Crippen molar-refractivity contribution < 1.29 is 19.0 Å². The van der Waals surface area contributed by atoms with Gasteiger partial charge in [-0.25, -0.2) is 4.99 Å². The van der Waals surface area contributed by atoms with Gasteiger partial charge in [0.1, 0.15) is 5.70 Å². The van der Waals surface area contributed by atoms with Crippen molar-refractivity contribution in [1.29, 1.82) is 0 Å². The maximum atomic E-state index is 13.4. The summed E-state index contributed by atoms with van der Waals surface area (Å²) in [5.74, 6) is 2.13. The van der Waals surface area contributed by atoms with Crippen LogP contribution in [0, 0.1) is 6.92 Å².